The molecular formula is C13H8Cl2F2N2O. The Morgan fingerprint density at radius 3 is 2.30 bits per heavy atom. The molecule has 0 saturated heterocycles. The van der Waals surface area contributed by atoms with Crippen molar-refractivity contribution in [2.45, 2.75) is 0 Å². The summed E-state index contributed by atoms with van der Waals surface area (Å²) in [5.41, 5.74) is -0.309. The second kappa shape index (κ2) is 6.07. The number of carbonyl (C=O) groups excluding carboxylic acids is 1. The minimum absolute atomic E-state index is 0.230. The first-order valence-electron chi connectivity index (χ1n) is 5.44. The molecule has 0 aliphatic rings. The van der Waals surface area contributed by atoms with Crippen LogP contribution in [0.5, 0.6) is 0 Å². The predicted molar refractivity (Wildman–Crippen MR) is 75.5 cm³/mol. The fourth-order valence-electron chi connectivity index (χ4n) is 1.48. The summed E-state index contributed by atoms with van der Waals surface area (Å²) in [6, 6.07) is 6.88. The lowest BCUT2D eigenvalue weighted by Gasteiger charge is -2.10. The SMILES string of the molecule is O=C(Nc1cc(Cl)ccc1Cl)Nc1c(F)cccc1F. The molecule has 20 heavy (non-hydrogen) atoms. The molecule has 2 rings (SSSR count). The molecule has 0 saturated carbocycles. The molecule has 0 aliphatic heterocycles. The van der Waals surface area contributed by atoms with Gasteiger partial charge in [-0.05, 0) is 30.3 Å². The average Bonchev–Trinajstić information content (AvgIpc) is 2.38. The number of rotatable bonds is 2. The van der Waals surface area contributed by atoms with Gasteiger partial charge in [0.2, 0.25) is 0 Å². The van der Waals surface area contributed by atoms with Crippen LogP contribution in [0.2, 0.25) is 10.0 Å². The molecule has 7 heteroatoms. The van der Waals surface area contributed by atoms with Gasteiger partial charge in [0.1, 0.15) is 17.3 Å². The number of urea groups is 1. The van der Waals surface area contributed by atoms with Crippen molar-refractivity contribution in [2.75, 3.05) is 10.6 Å². The van der Waals surface area contributed by atoms with Gasteiger partial charge in [0.05, 0.1) is 10.7 Å². The van der Waals surface area contributed by atoms with E-state index in [1.54, 1.807) is 6.07 Å². The number of hydrogen-bond donors (Lipinski definition) is 2. The number of anilines is 2. The third kappa shape index (κ3) is 3.37. The molecule has 104 valence electrons. The molecule has 3 nitrogen and oxygen atoms in total. The first kappa shape index (κ1) is 14.6. The highest BCUT2D eigenvalue weighted by Crippen LogP contribution is 2.26. The topological polar surface area (TPSA) is 41.1 Å². The molecule has 2 aromatic carbocycles. The minimum atomic E-state index is -0.877. The lowest BCUT2D eigenvalue weighted by Crippen LogP contribution is -2.21. The molecule has 0 heterocycles. The predicted octanol–water partition coefficient (Wildman–Crippen LogP) is 4.92. The zero-order valence-electron chi connectivity index (χ0n) is 9.88. The van der Waals surface area contributed by atoms with Gasteiger partial charge in [0.15, 0.2) is 0 Å². The number of para-hydroxylation sites is 1. The summed E-state index contributed by atoms with van der Waals surface area (Å²) in [7, 11) is 0. The lowest BCUT2D eigenvalue weighted by molar-refractivity contribution is 0.262. The Balaban J connectivity index is 2.15. The van der Waals surface area contributed by atoms with Gasteiger partial charge in [-0.2, -0.15) is 0 Å². The molecular weight excluding hydrogens is 309 g/mol. The maximum absolute atomic E-state index is 13.4. The molecule has 2 N–H and O–H groups in total. The summed E-state index contributed by atoms with van der Waals surface area (Å²) in [6.07, 6.45) is 0. The summed E-state index contributed by atoms with van der Waals surface area (Å²) >= 11 is 11.6. The average molecular weight is 317 g/mol. The van der Waals surface area contributed by atoms with E-state index in [1.807, 2.05) is 0 Å². The largest absolute Gasteiger partial charge is 0.323 e. The molecule has 0 fully saturated rings. The van der Waals surface area contributed by atoms with Gasteiger partial charge < -0.3 is 10.6 Å². The fourth-order valence-corrected chi connectivity index (χ4v) is 1.81. The van der Waals surface area contributed by atoms with Gasteiger partial charge in [-0.25, -0.2) is 13.6 Å². The molecule has 2 amide bonds. The zero-order valence-corrected chi connectivity index (χ0v) is 11.4. The molecule has 0 spiro atoms. The Hall–Kier alpha value is -1.85. The molecule has 0 bridgehead atoms. The van der Waals surface area contributed by atoms with Crippen LogP contribution in [0.25, 0.3) is 0 Å². The van der Waals surface area contributed by atoms with Crippen LogP contribution in [0.4, 0.5) is 25.0 Å². The van der Waals surface area contributed by atoms with Crippen molar-refractivity contribution < 1.29 is 13.6 Å². The van der Waals surface area contributed by atoms with E-state index in [4.69, 9.17) is 23.2 Å². The second-order valence-corrected chi connectivity index (χ2v) is 4.64. The highest BCUT2D eigenvalue weighted by molar-refractivity contribution is 6.35. The summed E-state index contributed by atoms with van der Waals surface area (Å²) in [4.78, 5) is 11.7. The zero-order chi connectivity index (χ0) is 14.7. The number of amides is 2. The van der Waals surface area contributed by atoms with Gasteiger partial charge in [0, 0.05) is 5.02 Å². The first-order valence-corrected chi connectivity index (χ1v) is 6.20. The van der Waals surface area contributed by atoms with Crippen molar-refractivity contribution >= 4 is 40.6 Å². The summed E-state index contributed by atoms with van der Waals surface area (Å²) in [5, 5.41) is 5.04. The van der Waals surface area contributed by atoms with Gasteiger partial charge in [-0.15, -0.1) is 0 Å². The van der Waals surface area contributed by atoms with Crippen LogP contribution in [0.3, 0.4) is 0 Å². The molecule has 0 atom stereocenters. The van der Waals surface area contributed by atoms with Gasteiger partial charge in [-0.3, -0.25) is 0 Å². The first-order chi connectivity index (χ1) is 9.47. The van der Waals surface area contributed by atoms with E-state index < -0.39 is 23.4 Å². The van der Waals surface area contributed by atoms with Gasteiger partial charge >= 0.3 is 6.03 Å². The molecule has 0 aromatic heterocycles. The normalized spacial score (nSPS) is 10.2. The molecule has 0 radical (unpaired) electrons. The Morgan fingerprint density at radius 1 is 1.00 bits per heavy atom. The highest BCUT2D eigenvalue weighted by atomic mass is 35.5. The number of carbonyl (C=O) groups is 1. The van der Waals surface area contributed by atoms with E-state index in [9.17, 15) is 13.6 Å². The molecule has 0 unspecified atom stereocenters. The van der Waals surface area contributed by atoms with E-state index in [0.29, 0.717) is 5.02 Å². The summed E-state index contributed by atoms with van der Waals surface area (Å²) < 4.78 is 26.7. The lowest BCUT2D eigenvalue weighted by atomic mass is 10.3. The van der Waals surface area contributed by atoms with Crippen LogP contribution in [0.15, 0.2) is 36.4 Å². The van der Waals surface area contributed by atoms with Gasteiger partial charge in [-0.1, -0.05) is 29.3 Å². The molecule has 2 aromatic rings. The van der Waals surface area contributed by atoms with Crippen molar-refractivity contribution in [3.63, 3.8) is 0 Å². The van der Waals surface area contributed by atoms with Crippen molar-refractivity contribution in [2.24, 2.45) is 0 Å². The smallest absolute Gasteiger partial charge is 0.306 e. The van der Waals surface area contributed by atoms with Crippen LogP contribution in [0.1, 0.15) is 0 Å². The number of hydrogen-bond acceptors (Lipinski definition) is 1. The van der Waals surface area contributed by atoms with Gasteiger partial charge in [0.25, 0.3) is 0 Å². The van der Waals surface area contributed by atoms with Crippen molar-refractivity contribution in [3.8, 4) is 0 Å². The van der Waals surface area contributed by atoms with Crippen molar-refractivity contribution in [3.05, 3.63) is 58.1 Å². The number of halogens is 4. The van der Waals surface area contributed by atoms with E-state index in [1.165, 1.54) is 18.2 Å². The Labute approximate surface area is 123 Å². The maximum Gasteiger partial charge on any atom is 0.323 e. The quantitative estimate of drug-likeness (QED) is 0.811. The number of nitrogens with one attached hydrogen (secondary N) is 2. The van der Waals surface area contributed by atoms with Crippen LogP contribution in [-0.2, 0) is 0 Å². The monoisotopic (exact) mass is 316 g/mol. The number of benzene rings is 2. The highest BCUT2D eigenvalue weighted by Gasteiger charge is 2.13. The fraction of sp³-hybridized carbons (Fsp3) is 0. The van der Waals surface area contributed by atoms with Crippen LogP contribution >= 0.6 is 23.2 Å². The minimum Gasteiger partial charge on any atom is -0.306 e. The second-order valence-electron chi connectivity index (χ2n) is 3.80. The third-order valence-corrected chi connectivity index (χ3v) is 2.94. The summed E-state index contributed by atoms with van der Waals surface area (Å²) in [5.74, 6) is -1.75. The standard InChI is InChI=1S/C13H8Cl2F2N2O/c14-7-4-5-8(15)11(6-7)18-13(20)19-12-9(16)2-1-3-10(12)17/h1-6H,(H2,18,19,20). The third-order valence-electron chi connectivity index (χ3n) is 2.38. The Bertz CT molecular complexity index is 645. The Morgan fingerprint density at radius 2 is 1.65 bits per heavy atom. The van der Waals surface area contributed by atoms with Crippen LogP contribution < -0.4 is 10.6 Å². The Kier molecular flexibility index (Phi) is 4.42. The van der Waals surface area contributed by atoms with E-state index in [0.717, 1.165) is 12.1 Å². The van der Waals surface area contributed by atoms with E-state index in [2.05, 4.69) is 10.6 Å². The van der Waals surface area contributed by atoms with E-state index >= 15 is 0 Å². The van der Waals surface area contributed by atoms with E-state index in [-0.39, 0.29) is 10.7 Å². The maximum atomic E-state index is 13.4. The van der Waals surface area contributed by atoms with Crippen molar-refractivity contribution in [1.82, 2.24) is 0 Å². The van der Waals surface area contributed by atoms with Crippen LogP contribution in [0, 0.1) is 11.6 Å². The summed E-state index contributed by atoms with van der Waals surface area (Å²) in [6.45, 7) is 0. The van der Waals surface area contributed by atoms with Crippen LogP contribution in [-0.4, -0.2) is 6.03 Å². The molecule has 0 aliphatic carbocycles. The van der Waals surface area contributed by atoms with Crippen molar-refractivity contribution in [1.29, 1.82) is 0 Å².